The Morgan fingerprint density at radius 1 is 1.23 bits per heavy atom. The molecule has 1 N–H and O–H groups in total. The molecule has 118 valence electrons. The third kappa shape index (κ3) is 3.45. The lowest BCUT2D eigenvalue weighted by atomic mass is 10.2. The highest BCUT2D eigenvalue weighted by atomic mass is 35.5. The van der Waals surface area contributed by atoms with Gasteiger partial charge in [0, 0.05) is 25.0 Å². The quantitative estimate of drug-likeness (QED) is 0.881. The summed E-state index contributed by atoms with van der Waals surface area (Å²) < 4.78 is 1.61. The van der Waals surface area contributed by atoms with Crippen LogP contribution in [-0.2, 0) is 11.3 Å². The van der Waals surface area contributed by atoms with Crippen molar-refractivity contribution in [2.24, 2.45) is 0 Å². The summed E-state index contributed by atoms with van der Waals surface area (Å²) in [7, 11) is 0. The van der Waals surface area contributed by atoms with Gasteiger partial charge in [-0.05, 0) is 25.1 Å². The summed E-state index contributed by atoms with van der Waals surface area (Å²) in [6.45, 7) is 3.43. The van der Waals surface area contributed by atoms with Crippen molar-refractivity contribution in [3.05, 3.63) is 40.7 Å². The lowest BCUT2D eigenvalue weighted by Crippen LogP contribution is -2.37. The van der Waals surface area contributed by atoms with Crippen molar-refractivity contribution >= 4 is 29.2 Å². The van der Waals surface area contributed by atoms with Crippen molar-refractivity contribution in [2.45, 2.75) is 13.0 Å². The maximum Gasteiger partial charge on any atom is 0.244 e. The summed E-state index contributed by atoms with van der Waals surface area (Å²) in [6.07, 6.45) is 2.24. The van der Waals surface area contributed by atoms with E-state index in [2.05, 4.69) is 10.4 Å². The molecule has 3 rings (SSSR count). The number of para-hydroxylation sites is 1. The molecule has 2 aromatic rings. The maximum atomic E-state index is 12.4. The van der Waals surface area contributed by atoms with Crippen LogP contribution in [0.5, 0.6) is 0 Å². The molecule has 0 radical (unpaired) electrons. The Morgan fingerprint density at radius 2 is 2.05 bits per heavy atom. The summed E-state index contributed by atoms with van der Waals surface area (Å²) in [5.41, 5.74) is 0.583. The molecule has 0 spiro atoms. The van der Waals surface area contributed by atoms with Gasteiger partial charge in [-0.3, -0.25) is 14.3 Å². The highest BCUT2D eigenvalue weighted by molar-refractivity contribution is 5.85. The predicted octanol–water partition coefficient (Wildman–Crippen LogP) is 0.640. The Hall–Kier alpha value is -1.92. The fourth-order valence-corrected chi connectivity index (χ4v) is 2.61. The van der Waals surface area contributed by atoms with Crippen LogP contribution in [-0.4, -0.2) is 46.8 Å². The van der Waals surface area contributed by atoms with Gasteiger partial charge in [-0.15, -0.1) is 12.4 Å². The number of carbonyl (C=O) groups excluding carboxylic acids is 1. The molecule has 0 saturated carbocycles. The summed E-state index contributed by atoms with van der Waals surface area (Å²) in [5, 5.41) is 7.98. The van der Waals surface area contributed by atoms with E-state index in [0.29, 0.717) is 10.9 Å². The van der Waals surface area contributed by atoms with Crippen molar-refractivity contribution in [3.63, 3.8) is 0 Å². The van der Waals surface area contributed by atoms with E-state index in [1.165, 1.54) is 6.20 Å². The Bertz CT molecular complexity index is 708. The van der Waals surface area contributed by atoms with Crippen LogP contribution in [0.3, 0.4) is 0 Å². The highest BCUT2D eigenvalue weighted by Crippen LogP contribution is 2.08. The third-order valence-electron chi connectivity index (χ3n) is 3.74. The Kier molecular flexibility index (Phi) is 5.51. The second kappa shape index (κ2) is 7.38. The fourth-order valence-electron chi connectivity index (χ4n) is 2.61. The number of rotatable bonds is 2. The second-order valence-corrected chi connectivity index (χ2v) is 5.17. The monoisotopic (exact) mass is 322 g/mol. The van der Waals surface area contributed by atoms with Gasteiger partial charge in [-0.2, -0.15) is 5.10 Å². The number of hydrogen-bond donors (Lipinski definition) is 1. The predicted molar refractivity (Wildman–Crippen MR) is 87.3 cm³/mol. The zero-order chi connectivity index (χ0) is 14.7. The molecule has 0 aliphatic carbocycles. The molecule has 0 unspecified atom stereocenters. The minimum absolute atomic E-state index is 0. The average Bonchev–Trinajstić information content (AvgIpc) is 2.79. The van der Waals surface area contributed by atoms with E-state index in [4.69, 9.17) is 0 Å². The Balaban J connectivity index is 0.00000176. The van der Waals surface area contributed by atoms with Crippen LogP contribution in [0.2, 0.25) is 0 Å². The topological polar surface area (TPSA) is 67.2 Å². The van der Waals surface area contributed by atoms with E-state index in [0.717, 1.165) is 32.6 Å². The largest absolute Gasteiger partial charge is 0.340 e. The minimum Gasteiger partial charge on any atom is -0.340 e. The summed E-state index contributed by atoms with van der Waals surface area (Å²) >= 11 is 0. The fraction of sp³-hybridized carbons (Fsp3) is 0.400. The van der Waals surface area contributed by atoms with Crippen molar-refractivity contribution in [2.75, 3.05) is 26.2 Å². The van der Waals surface area contributed by atoms with Gasteiger partial charge in [0.15, 0.2) is 0 Å². The summed E-state index contributed by atoms with van der Waals surface area (Å²) in [5.74, 6) is 0.0417. The van der Waals surface area contributed by atoms with Crippen LogP contribution in [0, 0.1) is 0 Å². The van der Waals surface area contributed by atoms with E-state index in [9.17, 15) is 9.59 Å². The number of carbonyl (C=O) groups is 1. The number of nitrogens with zero attached hydrogens (tertiary/aromatic N) is 3. The number of benzene rings is 1. The molecule has 1 saturated heterocycles. The maximum absolute atomic E-state index is 12.4. The number of hydrogen-bond acceptors (Lipinski definition) is 4. The van der Waals surface area contributed by atoms with Gasteiger partial charge in [0.1, 0.15) is 6.54 Å². The van der Waals surface area contributed by atoms with Gasteiger partial charge in [0.05, 0.1) is 11.7 Å². The molecule has 0 atom stereocenters. The third-order valence-corrected chi connectivity index (χ3v) is 3.74. The molecule has 1 aliphatic rings. The molecule has 6 nitrogen and oxygen atoms in total. The SMILES string of the molecule is Cl.O=C(Cn1ncc(=O)c2ccccc21)N1CCCNCC1. The number of amides is 1. The lowest BCUT2D eigenvalue weighted by Gasteiger charge is -2.20. The number of nitrogens with one attached hydrogen (secondary N) is 1. The molecule has 2 heterocycles. The number of fused-ring (bicyclic) bond motifs is 1. The number of aromatic nitrogens is 2. The van der Waals surface area contributed by atoms with Gasteiger partial charge in [-0.1, -0.05) is 12.1 Å². The first-order chi connectivity index (χ1) is 10.3. The van der Waals surface area contributed by atoms with Crippen LogP contribution in [0.15, 0.2) is 35.3 Å². The van der Waals surface area contributed by atoms with Crippen LogP contribution in [0.25, 0.3) is 10.9 Å². The second-order valence-electron chi connectivity index (χ2n) is 5.17. The molecule has 1 aliphatic heterocycles. The molecule has 1 amide bonds. The zero-order valence-electron chi connectivity index (χ0n) is 12.2. The highest BCUT2D eigenvalue weighted by Gasteiger charge is 2.16. The van der Waals surface area contributed by atoms with Crippen LogP contribution < -0.4 is 10.7 Å². The van der Waals surface area contributed by atoms with E-state index < -0.39 is 0 Å². The average molecular weight is 323 g/mol. The van der Waals surface area contributed by atoms with Crippen LogP contribution in [0.4, 0.5) is 0 Å². The van der Waals surface area contributed by atoms with Crippen molar-refractivity contribution in [1.82, 2.24) is 20.0 Å². The van der Waals surface area contributed by atoms with Gasteiger partial charge >= 0.3 is 0 Å². The van der Waals surface area contributed by atoms with Crippen LogP contribution >= 0.6 is 12.4 Å². The van der Waals surface area contributed by atoms with E-state index in [1.807, 2.05) is 23.1 Å². The van der Waals surface area contributed by atoms with Crippen LogP contribution in [0.1, 0.15) is 6.42 Å². The zero-order valence-corrected chi connectivity index (χ0v) is 13.0. The van der Waals surface area contributed by atoms with E-state index in [1.54, 1.807) is 10.7 Å². The van der Waals surface area contributed by atoms with Gasteiger partial charge in [0.2, 0.25) is 11.3 Å². The lowest BCUT2D eigenvalue weighted by molar-refractivity contribution is -0.131. The van der Waals surface area contributed by atoms with Gasteiger partial charge in [-0.25, -0.2) is 0 Å². The first kappa shape index (κ1) is 16.5. The van der Waals surface area contributed by atoms with Gasteiger partial charge < -0.3 is 10.2 Å². The normalized spacial score (nSPS) is 15.2. The summed E-state index contributed by atoms with van der Waals surface area (Å²) in [6, 6.07) is 7.24. The van der Waals surface area contributed by atoms with Crippen molar-refractivity contribution in [1.29, 1.82) is 0 Å². The molecule has 0 bridgehead atoms. The molecule has 1 aromatic carbocycles. The Morgan fingerprint density at radius 3 is 2.91 bits per heavy atom. The standard InChI is InChI=1S/C15H18N4O2.ClH/c20-14-10-17-19(13-5-2-1-4-12(13)14)11-15(21)18-8-3-6-16-7-9-18;/h1-2,4-5,10,16H,3,6-9,11H2;1H. The summed E-state index contributed by atoms with van der Waals surface area (Å²) in [4.78, 5) is 26.0. The van der Waals surface area contributed by atoms with Gasteiger partial charge in [0.25, 0.3) is 0 Å². The minimum atomic E-state index is -0.117. The molecular weight excluding hydrogens is 304 g/mol. The molecule has 1 aromatic heterocycles. The smallest absolute Gasteiger partial charge is 0.244 e. The molecular formula is C15H19ClN4O2. The van der Waals surface area contributed by atoms with Crippen molar-refractivity contribution < 1.29 is 4.79 Å². The number of halogens is 1. The molecule has 7 heteroatoms. The molecule has 1 fully saturated rings. The first-order valence-electron chi connectivity index (χ1n) is 7.19. The Labute approximate surface area is 134 Å². The van der Waals surface area contributed by atoms with Crippen molar-refractivity contribution in [3.8, 4) is 0 Å². The van der Waals surface area contributed by atoms with E-state index in [-0.39, 0.29) is 30.3 Å². The molecule has 22 heavy (non-hydrogen) atoms. The van der Waals surface area contributed by atoms with E-state index >= 15 is 0 Å². The first-order valence-corrected chi connectivity index (χ1v) is 7.19.